The second-order valence-electron chi connectivity index (χ2n) is 6.29. The Hall–Kier alpha value is -2.29. The van der Waals surface area contributed by atoms with Gasteiger partial charge in [-0.2, -0.15) is 0 Å². The monoisotopic (exact) mass is 311 g/mol. The highest BCUT2D eigenvalue weighted by Crippen LogP contribution is 2.24. The Kier molecular flexibility index (Phi) is 5.43. The largest absolute Gasteiger partial charge is 0.497 e. The molecule has 0 radical (unpaired) electrons. The summed E-state index contributed by atoms with van der Waals surface area (Å²) in [4.78, 5) is 12.7. The topological polar surface area (TPSA) is 38.3 Å². The van der Waals surface area contributed by atoms with Gasteiger partial charge in [-0.25, -0.2) is 0 Å². The number of hydrogen-bond acceptors (Lipinski definition) is 2. The molecule has 2 rings (SSSR count). The minimum Gasteiger partial charge on any atom is -0.497 e. The predicted octanol–water partition coefficient (Wildman–Crippen LogP) is 4.44. The zero-order chi connectivity index (χ0) is 17.0. The van der Waals surface area contributed by atoms with Gasteiger partial charge in [-0.1, -0.05) is 43.7 Å². The number of aryl methyl sites for hydroxylation is 2. The van der Waals surface area contributed by atoms with Gasteiger partial charge in [0.25, 0.3) is 5.91 Å². The number of carbonyl (C=O) groups is 1. The molecule has 1 atom stereocenters. The van der Waals surface area contributed by atoms with Gasteiger partial charge in [0.05, 0.1) is 13.2 Å². The molecule has 0 heterocycles. The number of nitrogens with one attached hydrogen (secondary N) is 1. The van der Waals surface area contributed by atoms with Crippen molar-refractivity contribution in [1.82, 2.24) is 5.32 Å². The van der Waals surface area contributed by atoms with Crippen LogP contribution in [0.25, 0.3) is 0 Å². The Morgan fingerprint density at radius 2 is 1.70 bits per heavy atom. The molecule has 1 amide bonds. The lowest BCUT2D eigenvalue weighted by molar-refractivity contribution is 0.0925. The number of methoxy groups -OCH3 is 1. The van der Waals surface area contributed by atoms with Crippen LogP contribution in [0.3, 0.4) is 0 Å². The summed E-state index contributed by atoms with van der Waals surface area (Å²) in [6.07, 6.45) is 0. The molecule has 23 heavy (non-hydrogen) atoms. The highest BCUT2D eigenvalue weighted by Gasteiger charge is 2.20. The summed E-state index contributed by atoms with van der Waals surface area (Å²) < 4.78 is 5.20. The second kappa shape index (κ2) is 7.32. The third-order valence-corrected chi connectivity index (χ3v) is 4.05. The highest BCUT2D eigenvalue weighted by atomic mass is 16.5. The van der Waals surface area contributed by atoms with Crippen molar-refractivity contribution in [2.75, 3.05) is 7.11 Å². The standard InChI is InChI=1S/C20H25NO2/c1-13(2)19(16-7-9-17(23-5)10-8-16)21-20(22)18-11-6-14(3)12-15(18)4/h6-13,19H,1-5H3,(H,21,22). The van der Waals surface area contributed by atoms with Crippen molar-refractivity contribution in [2.45, 2.75) is 33.7 Å². The highest BCUT2D eigenvalue weighted by molar-refractivity contribution is 5.96. The summed E-state index contributed by atoms with van der Waals surface area (Å²) in [5.74, 6) is 1.08. The van der Waals surface area contributed by atoms with Gasteiger partial charge in [0.1, 0.15) is 5.75 Å². The first-order valence-electron chi connectivity index (χ1n) is 7.94. The Labute approximate surface area is 138 Å². The average Bonchev–Trinajstić information content (AvgIpc) is 2.52. The van der Waals surface area contributed by atoms with E-state index < -0.39 is 0 Å². The first-order chi connectivity index (χ1) is 10.9. The fourth-order valence-electron chi connectivity index (χ4n) is 2.73. The lowest BCUT2D eigenvalue weighted by Gasteiger charge is -2.23. The van der Waals surface area contributed by atoms with Crippen LogP contribution in [-0.4, -0.2) is 13.0 Å². The SMILES string of the molecule is COc1ccc(C(NC(=O)c2ccc(C)cc2C)C(C)C)cc1. The number of benzene rings is 2. The minimum atomic E-state index is -0.0332. The van der Waals surface area contributed by atoms with Crippen LogP contribution in [0.15, 0.2) is 42.5 Å². The summed E-state index contributed by atoms with van der Waals surface area (Å²) in [5.41, 5.74) is 3.98. The molecule has 3 nitrogen and oxygen atoms in total. The van der Waals surface area contributed by atoms with Crippen molar-refractivity contribution in [3.63, 3.8) is 0 Å². The third kappa shape index (κ3) is 4.13. The van der Waals surface area contributed by atoms with Crippen molar-refractivity contribution < 1.29 is 9.53 Å². The normalized spacial score (nSPS) is 12.1. The number of carbonyl (C=O) groups excluding carboxylic acids is 1. The molecular weight excluding hydrogens is 286 g/mol. The molecule has 0 spiro atoms. The van der Waals surface area contributed by atoms with Gasteiger partial charge in [-0.15, -0.1) is 0 Å². The first-order valence-corrected chi connectivity index (χ1v) is 7.94. The fourth-order valence-corrected chi connectivity index (χ4v) is 2.73. The lowest BCUT2D eigenvalue weighted by Crippen LogP contribution is -2.32. The van der Waals surface area contributed by atoms with Crippen LogP contribution in [-0.2, 0) is 0 Å². The summed E-state index contributed by atoms with van der Waals surface area (Å²) in [6, 6.07) is 13.7. The predicted molar refractivity (Wildman–Crippen MR) is 94.0 cm³/mol. The Morgan fingerprint density at radius 3 is 2.22 bits per heavy atom. The molecule has 122 valence electrons. The van der Waals surface area contributed by atoms with Crippen LogP contribution in [0.4, 0.5) is 0 Å². The van der Waals surface area contributed by atoms with Gasteiger partial charge in [0.2, 0.25) is 0 Å². The average molecular weight is 311 g/mol. The molecule has 0 aliphatic carbocycles. The van der Waals surface area contributed by atoms with E-state index in [1.165, 1.54) is 0 Å². The Balaban J connectivity index is 2.23. The summed E-state index contributed by atoms with van der Waals surface area (Å²) >= 11 is 0. The fraction of sp³-hybridized carbons (Fsp3) is 0.350. The van der Waals surface area contributed by atoms with Gasteiger partial charge in [-0.05, 0) is 49.1 Å². The molecule has 2 aromatic carbocycles. The van der Waals surface area contributed by atoms with E-state index in [9.17, 15) is 4.79 Å². The summed E-state index contributed by atoms with van der Waals surface area (Å²) in [5, 5.41) is 3.17. The molecule has 0 bridgehead atoms. The Morgan fingerprint density at radius 1 is 1.04 bits per heavy atom. The molecule has 0 aromatic heterocycles. The van der Waals surface area contributed by atoms with E-state index in [1.54, 1.807) is 7.11 Å². The molecule has 2 aromatic rings. The van der Waals surface area contributed by atoms with Crippen LogP contribution in [0.5, 0.6) is 5.75 Å². The maximum atomic E-state index is 12.7. The van der Waals surface area contributed by atoms with Crippen molar-refractivity contribution in [3.05, 3.63) is 64.7 Å². The van der Waals surface area contributed by atoms with Crippen molar-refractivity contribution in [1.29, 1.82) is 0 Å². The lowest BCUT2D eigenvalue weighted by atomic mass is 9.95. The van der Waals surface area contributed by atoms with E-state index in [-0.39, 0.29) is 17.9 Å². The van der Waals surface area contributed by atoms with Crippen molar-refractivity contribution in [3.8, 4) is 5.75 Å². The molecule has 0 aliphatic rings. The van der Waals surface area contributed by atoms with Gasteiger partial charge in [0.15, 0.2) is 0 Å². The van der Waals surface area contributed by atoms with E-state index >= 15 is 0 Å². The summed E-state index contributed by atoms with van der Waals surface area (Å²) in [6.45, 7) is 8.22. The van der Waals surface area contributed by atoms with E-state index in [2.05, 4.69) is 19.2 Å². The number of rotatable bonds is 5. The van der Waals surface area contributed by atoms with Crippen molar-refractivity contribution >= 4 is 5.91 Å². The summed E-state index contributed by atoms with van der Waals surface area (Å²) in [7, 11) is 1.65. The van der Waals surface area contributed by atoms with Crippen LogP contribution in [0.1, 0.15) is 46.9 Å². The van der Waals surface area contributed by atoms with E-state index in [1.807, 2.05) is 56.3 Å². The maximum Gasteiger partial charge on any atom is 0.252 e. The van der Waals surface area contributed by atoms with E-state index in [4.69, 9.17) is 4.74 Å². The van der Waals surface area contributed by atoms with E-state index in [0.29, 0.717) is 0 Å². The van der Waals surface area contributed by atoms with Crippen LogP contribution in [0.2, 0.25) is 0 Å². The molecule has 3 heteroatoms. The number of ether oxygens (including phenoxy) is 1. The maximum absolute atomic E-state index is 12.7. The van der Waals surface area contributed by atoms with Gasteiger partial charge >= 0.3 is 0 Å². The van der Waals surface area contributed by atoms with E-state index in [0.717, 1.165) is 28.0 Å². The number of amides is 1. The zero-order valence-corrected chi connectivity index (χ0v) is 14.5. The molecule has 0 saturated carbocycles. The molecule has 1 unspecified atom stereocenters. The van der Waals surface area contributed by atoms with Crippen LogP contribution >= 0.6 is 0 Å². The Bertz CT molecular complexity index is 675. The van der Waals surface area contributed by atoms with Gasteiger partial charge in [0, 0.05) is 5.56 Å². The molecular formula is C20H25NO2. The minimum absolute atomic E-state index is 0.0305. The first kappa shape index (κ1) is 17.1. The molecule has 0 saturated heterocycles. The second-order valence-corrected chi connectivity index (χ2v) is 6.29. The molecule has 0 aliphatic heterocycles. The van der Waals surface area contributed by atoms with Crippen molar-refractivity contribution in [2.24, 2.45) is 5.92 Å². The van der Waals surface area contributed by atoms with Crippen LogP contribution in [0, 0.1) is 19.8 Å². The van der Waals surface area contributed by atoms with Crippen LogP contribution < -0.4 is 10.1 Å². The zero-order valence-electron chi connectivity index (χ0n) is 14.5. The molecule has 0 fully saturated rings. The quantitative estimate of drug-likeness (QED) is 0.886. The third-order valence-electron chi connectivity index (χ3n) is 4.05. The van der Waals surface area contributed by atoms with Gasteiger partial charge < -0.3 is 10.1 Å². The number of hydrogen-bond donors (Lipinski definition) is 1. The smallest absolute Gasteiger partial charge is 0.252 e. The van der Waals surface area contributed by atoms with Gasteiger partial charge in [-0.3, -0.25) is 4.79 Å². The molecule has 1 N–H and O–H groups in total.